The van der Waals surface area contributed by atoms with Gasteiger partial charge in [-0.25, -0.2) is 4.39 Å². The number of rotatable bonds is 1. The Hall–Kier alpha value is -2.62. The van der Waals surface area contributed by atoms with Gasteiger partial charge in [0.05, 0.1) is 5.56 Å². The van der Waals surface area contributed by atoms with Gasteiger partial charge in [-0.05, 0) is 25.1 Å². The van der Waals surface area contributed by atoms with Crippen molar-refractivity contribution in [3.8, 4) is 17.2 Å². The minimum Gasteiger partial charge on any atom is -0.325 e. The van der Waals surface area contributed by atoms with Gasteiger partial charge in [0.1, 0.15) is 17.4 Å². The number of alkyl halides is 3. The number of aromatic amines is 1. The number of nitriles is 1. The van der Waals surface area contributed by atoms with Crippen LogP contribution in [0, 0.1) is 24.1 Å². The summed E-state index contributed by atoms with van der Waals surface area (Å²) in [7, 11) is 0. The topological polar surface area (TPSA) is 56.6 Å². The molecule has 0 fully saturated rings. The highest BCUT2D eigenvalue weighted by atomic mass is 19.4. The number of pyridine rings is 1. The first-order chi connectivity index (χ1) is 9.75. The van der Waals surface area contributed by atoms with E-state index in [1.807, 2.05) is 0 Å². The van der Waals surface area contributed by atoms with Crippen molar-refractivity contribution in [3.05, 3.63) is 57.3 Å². The van der Waals surface area contributed by atoms with E-state index in [0.29, 0.717) is 6.07 Å². The van der Waals surface area contributed by atoms with E-state index in [0.717, 1.165) is 18.2 Å². The monoisotopic (exact) mass is 296 g/mol. The summed E-state index contributed by atoms with van der Waals surface area (Å²) in [6, 6.07) is 5.14. The molecule has 3 nitrogen and oxygen atoms in total. The third-order valence-corrected chi connectivity index (χ3v) is 2.87. The first kappa shape index (κ1) is 14.8. The maximum absolute atomic E-state index is 13.9. The van der Waals surface area contributed by atoms with Gasteiger partial charge in [0.2, 0.25) is 0 Å². The Morgan fingerprint density at radius 3 is 2.52 bits per heavy atom. The SMILES string of the molecule is Cc1cc(-c2c(F)cccc2C(F)(F)F)c(C#N)c(=O)[nH]1. The van der Waals surface area contributed by atoms with Crippen LogP contribution < -0.4 is 5.56 Å². The normalized spacial score (nSPS) is 11.2. The number of H-pyrrole nitrogens is 1. The standard InChI is InChI=1S/C14H8F4N2O/c1-7-5-8(9(6-19)13(21)20-7)12-10(14(16,17)18)3-2-4-11(12)15/h2-5H,1H3,(H,20,21). The molecule has 1 heterocycles. The second-order valence-electron chi connectivity index (χ2n) is 4.34. The van der Waals surface area contributed by atoms with Gasteiger partial charge < -0.3 is 4.98 Å². The molecule has 0 amide bonds. The highest BCUT2D eigenvalue weighted by molar-refractivity contribution is 5.74. The second kappa shape index (κ2) is 5.05. The van der Waals surface area contributed by atoms with Crippen LogP contribution in [0.15, 0.2) is 29.1 Å². The van der Waals surface area contributed by atoms with E-state index in [9.17, 15) is 22.4 Å². The molecule has 108 valence electrons. The first-order valence-corrected chi connectivity index (χ1v) is 5.76. The van der Waals surface area contributed by atoms with E-state index in [1.54, 1.807) is 0 Å². The van der Waals surface area contributed by atoms with Gasteiger partial charge >= 0.3 is 6.18 Å². The molecule has 21 heavy (non-hydrogen) atoms. The fraction of sp³-hybridized carbons (Fsp3) is 0.143. The van der Waals surface area contributed by atoms with Gasteiger partial charge in [-0.1, -0.05) is 6.07 Å². The predicted octanol–water partition coefficient (Wildman–Crippen LogP) is 3.38. The molecule has 1 aromatic heterocycles. The summed E-state index contributed by atoms with van der Waals surface area (Å²) in [5.74, 6) is -1.15. The number of aryl methyl sites for hydroxylation is 1. The van der Waals surface area contributed by atoms with Crippen LogP contribution in [-0.4, -0.2) is 4.98 Å². The Kier molecular flexibility index (Phi) is 3.56. The average molecular weight is 296 g/mol. The van der Waals surface area contributed by atoms with Gasteiger partial charge in [0, 0.05) is 16.8 Å². The summed E-state index contributed by atoms with van der Waals surface area (Å²) in [5.41, 5.74) is -3.59. The molecule has 1 aromatic carbocycles. The third kappa shape index (κ3) is 2.65. The van der Waals surface area contributed by atoms with Crippen LogP contribution in [0.4, 0.5) is 17.6 Å². The van der Waals surface area contributed by atoms with Crippen LogP contribution in [0.25, 0.3) is 11.1 Å². The van der Waals surface area contributed by atoms with Crippen molar-refractivity contribution >= 4 is 0 Å². The number of nitrogens with one attached hydrogen (secondary N) is 1. The number of hydrogen-bond acceptors (Lipinski definition) is 2. The molecular formula is C14H8F4N2O. The van der Waals surface area contributed by atoms with Gasteiger partial charge in [-0.15, -0.1) is 0 Å². The Bertz CT molecular complexity index is 800. The Morgan fingerprint density at radius 2 is 1.95 bits per heavy atom. The molecule has 2 rings (SSSR count). The highest BCUT2D eigenvalue weighted by Gasteiger charge is 2.35. The van der Waals surface area contributed by atoms with Crippen LogP contribution >= 0.6 is 0 Å². The first-order valence-electron chi connectivity index (χ1n) is 5.76. The summed E-state index contributed by atoms with van der Waals surface area (Å²) in [6.45, 7) is 1.43. The smallest absolute Gasteiger partial charge is 0.325 e. The van der Waals surface area contributed by atoms with Crippen LogP contribution in [0.3, 0.4) is 0 Å². The van der Waals surface area contributed by atoms with Crippen molar-refractivity contribution in [1.29, 1.82) is 5.26 Å². The Morgan fingerprint density at radius 1 is 1.29 bits per heavy atom. The van der Waals surface area contributed by atoms with E-state index < -0.39 is 34.2 Å². The Balaban J connectivity index is 2.93. The predicted molar refractivity (Wildman–Crippen MR) is 66.9 cm³/mol. The molecule has 0 aliphatic rings. The van der Waals surface area contributed by atoms with Gasteiger partial charge in [-0.2, -0.15) is 18.4 Å². The van der Waals surface area contributed by atoms with Crippen molar-refractivity contribution in [3.63, 3.8) is 0 Å². The summed E-state index contributed by atoms with van der Waals surface area (Å²) >= 11 is 0. The molecule has 7 heteroatoms. The van der Waals surface area contributed by atoms with Crippen molar-refractivity contribution in [2.45, 2.75) is 13.1 Å². The molecule has 1 N–H and O–H groups in total. The zero-order chi connectivity index (χ0) is 15.8. The molecule has 0 unspecified atom stereocenters. The van der Waals surface area contributed by atoms with Crippen LogP contribution in [0.5, 0.6) is 0 Å². The summed E-state index contributed by atoms with van der Waals surface area (Å²) in [4.78, 5) is 14.0. The molecular weight excluding hydrogens is 288 g/mol. The zero-order valence-electron chi connectivity index (χ0n) is 10.7. The fourth-order valence-corrected chi connectivity index (χ4v) is 2.03. The van der Waals surface area contributed by atoms with Crippen LogP contribution in [0.1, 0.15) is 16.8 Å². The fourth-order valence-electron chi connectivity index (χ4n) is 2.03. The van der Waals surface area contributed by atoms with E-state index in [4.69, 9.17) is 5.26 Å². The minimum absolute atomic E-state index is 0.227. The number of benzene rings is 1. The van der Waals surface area contributed by atoms with Gasteiger partial charge in [0.15, 0.2) is 0 Å². The quantitative estimate of drug-likeness (QED) is 0.820. The van der Waals surface area contributed by atoms with Crippen molar-refractivity contribution < 1.29 is 17.6 Å². The largest absolute Gasteiger partial charge is 0.417 e. The number of aromatic nitrogens is 1. The molecule has 0 saturated carbocycles. The van der Waals surface area contributed by atoms with E-state index in [2.05, 4.69) is 4.98 Å². The van der Waals surface area contributed by atoms with Gasteiger partial charge in [-0.3, -0.25) is 4.79 Å². The van der Waals surface area contributed by atoms with E-state index in [-0.39, 0.29) is 11.3 Å². The maximum Gasteiger partial charge on any atom is 0.417 e. The lowest BCUT2D eigenvalue weighted by Crippen LogP contribution is -2.15. The molecule has 0 saturated heterocycles. The van der Waals surface area contributed by atoms with Crippen LogP contribution in [0.2, 0.25) is 0 Å². The van der Waals surface area contributed by atoms with E-state index >= 15 is 0 Å². The average Bonchev–Trinajstić information content (AvgIpc) is 2.36. The lowest BCUT2D eigenvalue weighted by atomic mass is 9.95. The summed E-state index contributed by atoms with van der Waals surface area (Å²) in [6.07, 6.45) is -4.80. The minimum atomic E-state index is -4.80. The molecule has 0 spiro atoms. The Labute approximate surface area is 116 Å². The summed E-state index contributed by atoms with van der Waals surface area (Å²) in [5, 5.41) is 8.96. The molecule has 0 aliphatic heterocycles. The molecule has 0 atom stereocenters. The lowest BCUT2D eigenvalue weighted by Gasteiger charge is -2.14. The van der Waals surface area contributed by atoms with Crippen molar-refractivity contribution in [1.82, 2.24) is 4.98 Å². The number of hydrogen-bond donors (Lipinski definition) is 1. The van der Waals surface area contributed by atoms with Gasteiger partial charge in [0.25, 0.3) is 5.56 Å². The molecule has 2 aromatic rings. The zero-order valence-corrected chi connectivity index (χ0v) is 10.7. The third-order valence-electron chi connectivity index (χ3n) is 2.87. The number of halogens is 4. The maximum atomic E-state index is 13.9. The molecule has 0 bridgehead atoms. The molecule has 0 aliphatic carbocycles. The lowest BCUT2D eigenvalue weighted by molar-refractivity contribution is -0.137. The highest BCUT2D eigenvalue weighted by Crippen LogP contribution is 2.39. The van der Waals surface area contributed by atoms with Crippen molar-refractivity contribution in [2.24, 2.45) is 0 Å². The van der Waals surface area contributed by atoms with Crippen molar-refractivity contribution in [2.75, 3.05) is 0 Å². The van der Waals surface area contributed by atoms with Crippen LogP contribution in [-0.2, 0) is 6.18 Å². The molecule has 0 radical (unpaired) electrons. The number of nitrogens with zero attached hydrogens (tertiary/aromatic N) is 1. The summed E-state index contributed by atoms with van der Waals surface area (Å²) < 4.78 is 53.0. The van der Waals surface area contributed by atoms with E-state index in [1.165, 1.54) is 13.0 Å². The second-order valence-corrected chi connectivity index (χ2v) is 4.34.